The Bertz CT molecular complexity index is 1050. The van der Waals surface area contributed by atoms with Gasteiger partial charge in [-0.3, -0.25) is 0 Å². The minimum absolute atomic E-state index is 0.0550. The van der Waals surface area contributed by atoms with E-state index >= 15 is 0 Å². The molecule has 0 saturated heterocycles. The number of aryl methyl sites for hydroxylation is 2. The van der Waals surface area contributed by atoms with Crippen LogP contribution in [0.25, 0.3) is 5.69 Å². The molecule has 3 aromatic rings. The SMILES string of the molecule is Cc1cc(C)n(-c2ccc(NC(=O)NC3CC3c3cccc(F)c3)cc2F)n1. The highest BCUT2D eigenvalue weighted by Gasteiger charge is 2.39. The molecule has 2 N–H and O–H groups in total. The lowest BCUT2D eigenvalue weighted by molar-refractivity contribution is 0.251. The van der Waals surface area contributed by atoms with Crippen LogP contribution in [0, 0.1) is 25.5 Å². The fourth-order valence-corrected chi connectivity index (χ4v) is 3.42. The number of hydrogen-bond donors (Lipinski definition) is 2. The summed E-state index contributed by atoms with van der Waals surface area (Å²) in [6.45, 7) is 3.69. The van der Waals surface area contributed by atoms with Crippen molar-refractivity contribution in [1.82, 2.24) is 15.1 Å². The molecule has 4 rings (SSSR count). The number of rotatable bonds is 4. The van der Waals surface area contributed by atoms with Crippen LogP contribution in [0.2, 0.25) is 0 Å². The first-order chi connectivity index (χ1) is 13.4. The maximum Gasteiger partial charge on any atom is 0.319 e. The first kappa shape index (κ1) is 18.2. The number of nitrogens with one attached hydrogen (secondary N) is 2. The van der Waals surface area contributed by atoms with Gasteiger partial charge in [0.2, 0.25) is 0 Å². The largest absolute Gasteiger partial charge is 0.334 e. The van der Waals surface area contributed by atoms with Gasteiger partial charge in [0.15, 0.2) is 5.82 Å². The summed E-state index contributed by atoms with van der Waals surface area (Å²) < 4.78 is 29.3. The molecule has 2 atom stereocenters. The molecule has 28 heavy (non-hydrogen) atoms. The molecule has 1 aliphatic rings. The van der Waals surface area contributed by atoms with Gasteiger partial charge in [0.25, 0.3) is 0 Å². The maximum absolute atomic E-state index is 14.5. The van der Waals surface area contributed by atoms with Gasteiger partial charge in [-0.2, -0.15) is 5.10 Å². The van der Waals surface area contributed by atoms with Crippen molar-refractivity contribution in [2.24, 2.45) is 0 Å². The number of carbonyl (C=O) groups is 1. The minimum Gasteiger partial charge on any atom is -0.334 e. The number of anilines is 1. The molecule has 1 heterocycles. The first-order valence-electron chi connectivity index (χ1n) is 9.07. The molecule has 1 aliphatic carbocycles. The van der Waals surface area contributed by atoms with Crippen LogP contribution in [0.3, 0.4) is 0 Å². The summed E-state index contributed by atoms with van der Waals surface area (Å²) in [4.78, 5) is 12.2. The van der Waals surface area contributed by atoms with Crippen molar-refractivity contribution >= 4 is 11.7 Å². The topological polar surface area (TPSA) is 59.0 Å². The van der Waals surface area contributed by atoms with Gasteiger partial charge < -0.3 is 10.6 Å². The van der Waals surface area contributed by atoms with Crippen LogP contribution < -0.4 is 10.6 Å². The summed E-state index contributed by atoms with van der Waals surface area (Å²) >= 11 is 0. The zero-order chi connectivity index (χ0) is 19.8. The van der Waals surface area contributed by atoms with E-state index in [1.165, 1.54) is 22.9 Å². The molecule has 7 heteroatoms. The minimum atomic E-state index is -0.479. The van der Waals surface area contributed by atoms with Gasteiger partial charge >= 0.3 is 6.03 Å². The number of aromatic nitrogens is 2. The van der Waals surface area contributed by atoms with Crippen molar-refractivity contribution in [3.8, 4) is 5.69 Å². The highest BCUT2D eigenvalue weighted by molar-refractivity contribution is 5.89. The Hall–Kier alpha value is -3.22. The summed E-state index contributed by atoms with van der Waals surface area (Å²) in [6.07, 6.45) is 0.752. The lowest BCUT2D eigenvalue weighted by Gasteiger charge is -2.10. The van der Waals surface area contributed by atoms with E-state index < -0.39 is 11.8 Å². The molecule has 2 unspecified atom stereocenters. The van der Waals surface area contributed by atoms with Gasteiger partial charge in [-0.15, -0.1) is 0 Å². The third-order valence-electron chi connectivity index (χ3n) is 4.83. The number of hydrogen-bond acceptors (Lipinski definition) is 2. The van der Waals surface area contributed by atoms with Crippen molar-refractivity contribution < 1.29 is 13.6 Å². The summed E-state index contributed by atoms with van der Waals surface area (Å²) in [5.41, 5.74) is 3.17. The standard InChI is InChI=1S/C21H20F2N4O/c1-12-8-13(2)27(26-12)20-7-6-16(10-18(20)23)24-21(28)25-19-11-17(19)14-4-3-5-15(22)9-14/h3-10,17,19H,11H2,1-2H3,(H2,24,25,28). The zero-order valence-corrected chi connectivity index (χ0v) is 15.5. The number of halogens is 2. The molecular formula is C21H20F2N4O. The molecule has 5 nitrogen and oxygen atoms in total. The molecule has 0 spiro atoms. The van der Waals surface area contributed by atoms with E-state index in [-0.39, 0.29) is 17.8 Å². The summed E-state index contributed by atoms with van der Waals surface area (Å²) in [6, 6.07) is 12.3. The number of benzene rings is 2. The van der Waals surface area contributed by atoms with Crippen LogP contribution >= 0.6 is 0 Å². The quantitative estimate of drug-likeness (QED) is 0.701. The second kappa shape index (κ2) is 7.07. The molecule has 0 bridgehead atoms. The monoisotopic (exact) mass is 382 g/mol. The highest BCUT2D eigenvalue weighted by Crippen LogP contribution is 2.40. The van der Waals surface area contributed by atoms with Crippen molar-refractivity contribution in [2.75, 3.05) is 5.32 Å². The van der Waals surface area contributed by atoms with Crippen LogP contribution in [0.4, 0.5) is 19.3 Å². The Balaban J connectivity index is 1.39. The molecule has 1 fully saturated rings. The average molecular weight is 382 g/mol. The zero-order valence-electron chi connectivity index (χ0n) is 15.5. The second-order valence-electron chi connectivity index (χ2n) is 7.11. The normalized spacial score (nSPS) is 18.0. The van der Waals surface area contributed by atoms with E-state index in [0.717, 1.165) is 23.4 Å². The van der Waals surface area contributed by atoms with Crippen LogP contribution in [0.1, 0.15) is 29.3 Å². The summed E-state index contributed by atoms with van der Waals surface area (Å²) in [5, 5.41) is 9.75. The second-order valence-corrected chi connectivity index (χ2v) is 7.11. The molecule has 1 aromatic heterocycles. The Morgan fingerprint density at radius 1 is 1.14 bits per heavy atom. The van der Waals surface area contributed by atoms with Gasteiger partial charge in [0, 0.05) is 23.3 Å². The number of urea groups is 1. The first-order valence-corrected chi connectivity index (χ1v) is 9.07. The lowest BCUT2D eigenvalue weighted by Crippen LogP contribution is -2.31. The Morgan fingerprint density at radius 2 is 1.96 bits per heavy atom. The van der Waals surface area contributed by atoms with Crippen LogP contribution in [0.15, 0.2) is 48.5 Å². The van der Waals surface area contributed by atoms with Crippen molar-refractivity contribution in [3.63, 3.8) is 0 Å². The molecule has 0 radical (unpaired) electrons. The van der Waals surface area contributed by atoms with Gasteiger partial charge in [-0.05, 0) is 62.2 Å². The highest BCUT2D eigenvalue weighted by atomic mass is 19.1. The predicted octanol–water partition coefficient (Wildman–Crippen LogP) is 4.44. The van der Waals surface area contributed by atoms with E-state index in [0.29, 0.717) is 11.4 Å². The van der Waals surface area contributed by atoms with Gasteiger partial charge in [-0.1, -0.05) is 12.1 Å². The van der Waals surface area contributed by atoms with Crippen LogP contribution in [0.5, 0.6) is 0 Å². The van der Waals surface area contributed by atoms with Gasteiger partial charge in [-0.25, -0.2) is 18.3 Å². The summed E-state index contributed by atoms with van der Waals surface area (Å²) in [7, 11) is 0. The fraction of sp³-hybridized carbons (Fsp3) is 0.238. The maximum atomic E-state index is 14.5. The number of nitrogens with zero attached hydrogens (tertiary/aromatic N) is 2. The third kappa shape index (κ3) is 3.74. The molecule has 144 valence electrons. The van der Waals surface area contributed by atoms with E-state index in [1.807, 2.05) is 26.0 Å². The Kier molecular flexibility index (Phi) is 4.58. The van der Waals surface area contributed by atoms with Gasteiger partial charge in [0.1, 0.15) is 11.5 Å². The van der Waals surface area contributed by atoms with E-state index in [2.05, 4.69) is 15.7 Å². The molecule has 0 aliphatic heterocycles. The predicted molar refractivity (Wildman–Crippen MR) is 103 cm³/mol. The number of amides is 2. The third-order valence-corrected chi connectivity index (χ3v) is 4.83. The molecule has 2 aromatic carbocycles. The average Bonchev–Trinajstić information content (AvgIpc) is 3.31. The van der Waals surface area contributed by atoms with E-state index in [1.54, 1.807) is 18.2 Å². The van der Waals surface area contributed by atoms with Crippen LogP contribution in [-0.4, -0.2) is 21.9 Å². The van der Waals surface area contributed by atoms with Crippen LogP contribution in [-0.2, 0) is 0 Å². The van der Waals surface area contributed by atoms with E-state index in [4.69, 9.17) is 0 Å². The Labute approximate surface area is 161 Å². The van der Waals surface area contributed by atoms with Crippen molar-refractivity contribution in [2.45, 2.75) is 32.2 Å². The molecule has 1 saturated carbocycles. The molecule has 2 amide bonds. The lowest BCUT2D eigenvalue weighted by atomic mass is 10.1. The summed E-state index contributed by atoms with van der Waals surface area (Å²) in [5.74, 6) is -0.662. The molecular weight excluding hydrogens is 362 g/mol. The fourth-order valence-electron chi connectivity index (χ4n) is 3.42. The van der Waals surface area contributed by atoms with E-state index in [9.17, 15) is 13.6 Å². The smallest absolute Gasteiger partial charge is 0.319 e. The van der Waals surface area contributed by atoms with Crippen molar-refractivity contribution in [1.29, 1.82) is 0 Å². The van der Waals surface area contributed by atoms with Gasteiger partial charge in [0.05, 0.1) is 5.69 Å². The Morgan fingerprint density at radius 3 is 2.64 bits per heavy atom. The number of carbonyl (C=O) groups excluding carboxylic acids is 1. The van der Waals surface area contributed by atoms with Crippen molar-refractivity contribution in [3.05, 3.63) is 77.1 Å².